The van der Waals surface area contributed by atoms with E-state index in [1.54, 1.807) is 4.68 Å². The first-order valence-corrected chi connectivity index (χ1v) is 12.8. The van der Waals surface area contributed by atoms with E-state index in [0.29, 0.717) is 24.7 Å². The van der Waals surface area contributed by atoms with Crippen LogP contribution >= 0.6 is 11.8 Å². The van der Waals surface area contributed by atoms with Gasteiger partial charge in [-0.3, -0.25) is 9.69 Å². The van der Waals surface area contributed by atoms with Crippen LogP contribution in [0, 0.1) is 13.8 Å². The number of carbonyl (C=O) groups excluding carboxylic acids is 1. The fraction of sp³-hybridized carbons (Fsp3) is 0.579. The Kier molecular flexibility index (Phi) is 6.12. The van der Waals surface area contributed by atoms with Crippen LogP contribution in [0.5, 0.6) is 0 Å². The minimum absolute atomic E-state index is 0.0497. The van der Waals surface area contributed by atoms with Crippen molar-refractivity contribution in [3.05, 3.63) is 29.3 Å². The van der Waals surface area contributed by atoms with E-state index in [4.69, 9.17) is 0 Å². The summed E-state index contributed by atoms with van der Waals surface area (Å²) in [5.74, 6) is 0.845. The number of hydrogen-bond acceptors (Lipinski definition) is 8. The van der Waals surface area contributed by atoms with Crippen molar-refractivity contribution in [3.8, 4) is 5.69 Å². The Bertz CT molecular complexity index is 1010. The smallest absolute Gasteiger partial charge is 0.233 e. The maximum absolute atomic E-state index is 12.7. The summed E-state index contributed by atoms with van der Waals surface area (Å²) in [6.45, 7) is 6.74. The molecule has 1 atom stereocenters. The van der Waals surface area contributed by atoms with Gasteiger partial charge in [0.2, 0.25) is 11.1 Å². The predicted molar refractivity (Wildman–Crippen MR) is 115 cm³/mol. The monoisotopic (exact) mass is 450 g/mol. The highest BCUT2D eigenvalue weighted by Crippen LogP contribution is 2.22. The lowest BCUT2D eigenvalue weighted by atomic mass is 10.1. The van der Waals surface area contributed by atoms with E-state index in [1.807, 2.05) is 30.9 Å². The quantitative estimate of drug-likeness (QED) is 0.614. The first-order chi connectivity index (χ1) is 14.3. The molecule has 4 rings (SSSR count). The number of nitrogens with zero attached hydrogens (tertiary/aromatic N) is 6. The largest absolute Gasteiger partial charge is 0.339 e. The molecule has 11 heteroatoms. The lowest BCUT2D eigenvalue weighted by Gasteiger charge is -2.37. The molecule has 0 aliphatic carbocycles. The van der Waals surface area contributed by atoms with Crippen molar-refractivity contribution < 1.29 is 13.2 Å². The lowest BCUT2D eigenvalue weighted by Crippen LogP contribution is -2.52. The van der Waals surface area contributed by atoms with Gasteiger partial charge < -0.3 is 4.90 Å². The summed E-state index contributed by atoms with van der Waals surface area (Å²) in [4.78, 5) is 16.7. The normalized spacial score (nSPS) is 21.8. The van der Waals surface area contributed by atoms with Crippen LogP contribution in [0.1, 0.15) is 17.5 Å². The third-order valence-electron chi connectivity index (χ3n) is 5.61. The van der Waals surface area contributed by atoms with E-state index in [-0.39, 0.29) is 29.2 Å². The summed E-state index contributed by atoms with van der Waals surface area (Å²) in [7, 11) is -2.89. The minimum Gasteiger partial charge on any atom is -0.339 e. The second-order valence-corrected chi connectivity index (χ2v) is 11.2. The van der Waals surface area contributed by atoms with E-state index in [1.165, 1.54) is 11.8 Å². The molecule has 0 bridgehead atoms. The Balaban J connectivity index is 1.32. The molecule has 2 aromatic rings. The Labute approximate surface area is 180 Å². The summed E-state index contributed by atoms with van der Waals surface area (Å²) in [6.07, 6.45) is 0.702. The third kappa shape index (κ3) is 4.84. The van der Waals surface area contributed by atoms with E-state index in [2.05, 4.69) is 26.5 Å². The highest BCUT2D eigenvalue weighted by atomic mass is 32.2. The number of aryl methyl sites for hydroxylation is 2. The Morgan fingerprint density at radius 2 is 1.83 bits per heavy atom. The highest BCUT2D eigenvalue weighted by molar-refractivity contribution is 7.99. The Hall–Kier alpha value is -1.98. The number of benzene rings is 1. The second-order valence-electron chi connectivity index (χ2n) is 7.98. The topological polar surface area (TPSA) is 101 Å². The zero-order valence-corrected chi connectivity index (χ0v) is 18.8. The third-order valence-corrected chi connectivity index (χ3v) is 8.26. The van der Waals surface area contributed by atoms with Gasteiger partial charge >= 0.3 is 0 Å². The second kappa shape index (κ2) is 8.64. The number of rotatable bonds is 5. The van der Waals surface area contributed by atoms with Gasteiger partial charge in [0.15, 0.2) is 9.84 Å². The van der Waals surface area contributed by atoms with Crippen LogP contribution in [0.25, 0.3) is 5.69 Å². The summed E-state index contributed by atoms with van der Waals surface area (Å²) >= 11 is 1.33. The van der Waals surface area contributed by atoms with Crippen LogP contribution in [0.3, 0.4) is 0 Å². The van der Waals surface area contributed by atoms with E-state index < -0.39 is 9.84 Å². The van der Waals surface area contributed by atoms with Crippen molar-refractivity contribution >= 4 is 27.5 Å². The maximum atomic E-state index is 12.7. The molecule has 0 spiro atoms. The van der Waals surface area contributed by atoms with E-state index in [0.717, 1.165) is 29.9 Å². The van der Waals surface area contributed by atoms with E-state index in [9.17, 15) is 13.2 Å². The van der Waals surface area contributed by atoms with Crippen molar-refractivity contribution in [1.29, 1.82) is 0 Å². The highest BCUT2D eigenvalue weighted by Gasteiger charge is 2.34. The van der Waals surface area contributed by atoms with Crippen LogP contribution in [0.4, 0.5) is 0 Å². The molecular formula is C19H26N6O3S2. The van der Waals surface area contributed by atoms with Gasteiger partial charge in [0.1, 0.15) is 0 Å². The molecule has 0 saturated carbocycles. The van der Waals surface area contributed by atoms with Crippen LogP contribution in [0.15, 0.2) is 23.4 Å². The summed E-state index contributed by atoms with van der Waals surface area (Å²) in [5, 5.41) is 12.5. The SMILES string of the molecule is Cc1cc(C)cc(-n2nnnc2SCC(=O)N2CCN([C@@H]3CCS(=O)(=O)C3)CC2)c1. The lowest BCUT2D eigenvalue weighted by molar-refractivity contribution is -0.130. The van der Waals surface area contributed by atoms with E-state index >= 15 is 0 Å². The Morgan fingerprint density at radius 1 is 1.13 bits per heavy atom. The van der Waals surface area contributed by atoms with Gasteiger partial charge in [0.05, 0.1) is 22.9 Å². The number of piperazine rings is 1. The average molecular weight is 451 g/mol. The molecule has 2 aliphatic heterocycles. The molecule has 162 valence electrons. The summed E-state index contributed by atoms with van der Waals surface area (Å²) in [5.41, 5.74) is 3.13. The first-order valence-electron chi connectivity index (χ1n) is 10.0. The molecular weight excluding hydrogens is 424 g/mol. The fourth-order valence-electron chi connectivity index (χ4n) is 4.12. The van der Waals surface area contributed by atoms with Gasteiger partial charge in [-0.1, -0.05) is 17.8 Å². The van der Waals surface area contributed by atoms with Crippen molar-refractivity contribution in [2.24, 2.45) is 0 Å². The van der Waals surface area contributed by atoms with Gasteiger partial charge in [-0.15, -0.1) is 5.10 Å². The number of aromatic nitrogens is 4. The molecule has 2 aliphatic rings. The predicted octanol–water partition coefficient (Wildman–Crippen LogP) is 0.703. The molecule has 2 saturated heterocycles. The minimum atomic E-state index is -2.89. The number of tetrazole rings is 1. The van der Waals surface area contributed by atoms with Crippen LogP contribution in [0.2, 0.25) is 0 Å². The molecule has 3 heterocycles. The molecule has 0 N–H and O–H groups in total. The van der Waals surface area contributed by atoms with Gasteiger partial charge in [-0.25, -0.2) is 8.42 Å². The molecule has 1 aromatic heterocycles. The number of carbonyl (C=O) groups is 1. The van der Waals surface area contributed by atoms with Crippen molar-refractivity contribution in [2.75, 3.05) is 43.4 Å². The zero-order chi connectivity index (χ0) is 21.3. The number of sulfone groups is 1. The summed E-state index contributed by atoms with van der Waals surface area (Å²) < 4.78 is 25.1. The number of hydrogen-bond donors (Lipinski definition) is 0. The van der Waals surface area contributed by atoms with Gasteiger partial charge in [0, 0.05) is 32.2 Å². The van der Waals surface area contributed by atoms with Crippen LogP contribution in [-0.4, -0.2) is 93.8 Å². The van der Waals surface area contributed by atoms with Crippen molar-refractivity contribution in [2.45, 2.75) is 31.5 Å². The zero-order valence-electron chi connectivity index (χ0n) is 17.2. The number of thioether (sulfide) groups is 1. The van der Waals surface area contributed by atoms with Gasteiger partial charge in [0.25, 0.3) is 0 Å². The molecule has 1 aromatic carbocycles. The molecule has 0 unspecified atom stereocenters. The van der Waals surface area contributed by atoms with Gasteiger partial charge in [-0.2, -0.15) is 4.68 Å². The van der Waals surface area contributed by atoms with Crippen LogP contribution < -0.4 is 0 Å². The first kappa shape index (κ1) is 21.3. The molecule has 1 amide bonds. The standard InChI is InChI=1S/C19H26N6O3S2/c1-14-9-15(2)11-17(10-14)25-19(20-21-22-25)29-12-18(26)24-6-4-23(5-7-24)16-3-8-30(27,28)13-16/h9-11,16H,3-8,12-13H2,1-2H3/t16-/m1/s1. The maximum Gasteiger partial charge on any atom is 0.233 e. The molecule has 2 fully saturated rings. The average Bonchev–Trinajstić information content (AvgIpc) is 3.31. The summed E-state index contributed by atoms with van der Waals surface area (Å²) in [6, 6.07) is 6.21. The van der Waals surface area contributed by atoms with Crippen LogP contribution in [-0.2, 0) is 14.6 Å². The Morgan fingerprint density at radius 3 is 2.47 bits per heavy atom. The molecule has 30 heavy (non-hydrogen) atoms. The van der Waals surface area contributed by atoms with Crippen molar-refractivity contribution in [1.82, 2.24) is 30.0 Å². The fourth-order valence-corrected chi connectivity index (χ4v) is 6.68. The molecule has 0 radical (unpaired) electrons. The molecule has 9 nitrogen and oxygen atoms in total. The van der Waals surface area contributed by atoms with Crippen molar-refractivity contribution in [3.63, 3.8) is 0 Å². The number of amides is 1. The van der Waals surface area contributed by atoms with Gasteiger partial charge in [-0.05, 0) is 54.0 Å².